The number of hydrogen-bond donors (Lipinski definition) is 1. The highest BCUT2D eigenvalue weighted by Gasteiger charge is 2.41. The van der Waals surface area contributed by atoms with E-state index in [4.69, 9.17) is 0 Å². The Bertz CT molecular complexity index is 552. The van der Waals surface area contributed by atoms with E-state index in [0.29, 0.717) is 6.42 Å². The van der Waals surface area contributed by atoms with Gasteiger partial charge in [0.05, 0.1) is 5.60 Å². The van der Waals surface area contributed by atoms with Crippen molar-refractivity contribution in [1.82, 2.24) is 0 Å². The van der Waals surface area contributed by atoms with Crippen molar-refractivity contribution in [2.45, 2.75) is 98.0 Å². The topological polar surface area (TPSA) is 20.2 Å². The van der Waals surface area contributed by atoms with Gasteiger partial charge >= 0.3 is 0 Å². The third-order valence-corrected chi connectivity index (χ3v) is 6.26. The molecule has 162 valence electrons. The SMILES string of the molecule is CCCCCCCCC(CCc1c(F)cc(F)cc1F)C(O)(C(C)C)C(C)C. The lowest BCUT2D eigenvalue weighted by Gasteiger charge is -2.43. The lowest BCUT2D eigenvalue weighted by Crippen LogP contribution is -2.48. The summed E-state index contributed by atoms with van der Waals surface area (Å²) in [5, 5.41) is 11.5. The predicted octanol–water partition coefficient (Wildman–Crippen LogP) is 7.45. The molecule has 4 heteroatoms. The summed E-state index contributed by atoms with van der Waals surface area (Å²) in [6.07, 6.45) is 8.47. The Hall–Kier alpha value is -1.03. The zero-order valence-corrected chi connectivity index (χ0v) is 18.3. The van der Waals surface area contributed by atoms with Crippen LogP contribution in [0.1, 0.15) is 91.5 Å². The Morgan fingerprint density at radius 1 is 0.821 bits per heavy atom. The van der Waals surface area contributed by atoms with Gasteiger partial charge in [0, 0.05) is 17.7 Å². The van der Waals surface area contributed by atoms with Crippen molar-refractivity contribution in [1.29, 1.82) is 0 Å². The van der Waals surface area contributed by atoms with Crippen LogP contribution in [-0.2, 0) is 6.42 Å². The maximum atomic E-state index is 14.1. The van der Waals surface area contributed by atoms with Crippen LogP contribution in [0.2, 0.25) is 0 Å². The third-order valence-electron chi connectivity index (χ3n) is 6.26. The van der Waals surface area contributed by atoms with Crippen LogP contribution >= 0.6 is 0 Å². The summed E-state index contributed by atoms with van der Waals surface area (Å²) < 4.78 is 41.3. The first-order valence-electron chi connectivity index (χ1n) is 11.0. The molecule has 0 aromatic heterocycles. The molecule has 0 aliphatic carbocycles. The molecule has 0 heterocycles. The van der Waals surface area contributed by atoms with Crippen LogP contribution in [-0.4, -0.2) is 10.7 Å². The number of hydrogen-bond acceptors (Lipinski definition) is 1. The molecule has 0 saturated heterocycles. The quantitative estimate of drug-likeness (QED) is 0.341. The lowest BCUT2D eigenvalue weighted by atomic mass is 9.67. The molecule has 1 atom stereocenters. The van der Waals surface area contributed by atoms with Gasteiger partial charge in [-0.25, -0.2) is 13.2 Å². The van der Waals surface area contributed by atoms with Crippen LogP contribution in [0.15, 0.2) is 12.1 Å². The Labute approximate surface area is 169 Å². The van der Waals surface area contributed by atoms with Crippen molar-refractivity contribution in [3.8, 4) is 0 Å². The summed E-state index contributed by atoms with van der Waals surface area (Å²) in [6, 6.07) is 1.47. The average Bonchev–Trinajstić information content (AvgIpc) is 2.60. The number of benzene rings is 1. The molecule has 0 bridgehead atoms. The van der Waals surface area contributed by atoms with Crippen molar-refractivity contribution in [2.75, 3.05) is 0 Å². The van der Waals surface area contributed by atoms with Crippen molar-refractivity contribution in [3.05, 3.63) is 35.1 Å². The van der Waals surface area contributed by atoms with E-state index < -0.39 is 23.1 Å². The molecule has 0 fully saturated rings. The molecule has 1 aromatic rings. The molecule has 0 amide bonds. The molecule has 1 rings (SSSR count). The molecule has 0 spiro atoms. The number of aliphatic hydroxyl groups is 1. The molecule has 28 heavy (non-hydrogen) atoms. The smallest absolute Gasteiger partial charge is 0.132 e. The first kappa shape index (κ1) is 25.0. The summed E-state index contributed by atoms with van der Waals surface area (Å²) in [6.45, 7) is 10.2. The first-order chi connectivity index (χ1) is 13.1. The summed E-state index contributed by atoms with van der Waals surface area (Å²) >= 11 is 0. The summed E-state index contributed by atoms with van der Waals surface area (Å²) in [5.74, 6) is -2.55. The van der Waals surface area contributed by atoms with Crippen LogP contribution < -0.4 is 0 Å². The lowest BCUT2D eigenvalue weighted by molar-refractivity contribution is -0.101. The summed E-state index contributed by atoms with van der Waals surface area (Å²) in [7, 11) is 0. The molecule has 0 saturated carbocycles. The second-order valence-corrected chi connectivity index (χ2v) is 8.84. The summed E-state index contributed by atoms with van der Waals surface area (Å²) in [5.41, 5.74) is -0.972. The van der Waals surface area contributed by atoms with Gasteiger partial charge in [-0.05, 0) is 37.0 Å². The maximum absolute atomic E-state index is 14.1. The highest BCUT2D eigenvalue weighted by atomic mass is 19.1. The van der Waals surface area contributed by atoms with E-state index in [0.717, 1.165) is 31.4 Å². The van der Waals surface area contributed by atoms with Crippen molar-refractivity contribution in [3.63, 3.8) is 0 Å². The maximum Gasteiger partial charge on any atom is 0.132 e. The minimum Gasteiger partial charge on any atom is -0.389 e. The molecule has 1 nitrogen and oxygen atoms in total. The van der Waals surface area contributed by atoms with Crippen LogP contribution in [0.25, 0.3) is 0 Å². The van der Waals surface area contributed by atoms with Gasteiger partial charge in [0.15, 0.2) is 0 Å². The molecule has 0 radical (unpaired) electrons. The Kier molecular flexibility index (Phi) is 10.6. The van der Waals surface area contributed by atoms with E-state index in [1.165, 1.54) is 25.7 Å². The van der Waals surface area contributed by atoms with Crippen molar-refractivity contribution >= 4 is 0 Å². The fraction of sp³-hybridized carbons (Fsp3) is 0.750. The fourth-order valence-electron chi connectivity index (χ4n) is 4.52. The van der Waals surface area contributed by atoms with Gasteiger partial charge in [-0.1, -0.05) is 73.1 Å². The predicted molar refractivity (Wildman–Crippen MR) is 111 cm³/mol. The first-order valence-corrected chi connectivity index (χ1v) is 11.0. The third kappa shape index (κ3) is 6.79. The molecular formula is C24H39F3O. The van der Waals surface area contributed by atoms with E-state index in [1.807, 2.05) is 27.7 Å². The van der Waals surface area contributed by atoms with E-state index in [9.17, 15) is 18.3 Å². The zero-order valence-electron chi connectivity index (χ0n) is 18.3. The second kappa shape index (κ2) is 11.8. The van der Waals surface area contributed by atoms with E-state index in [2.05, 4.69) is 6.92 Å². The monoisotopic (exact) mass is 400 g/mol. The second-order valence-electron chi connectivity index (χ2n) is 8.84. The van der Waals surface area contributed by atoms with Crippen molar-refractivity contribution in [2.24, 2.45) is 17.8 Å². The molecule has 1 N–H and O–H groups in total. The standard InChI is InChI=1S/C24H39F3O/c1-6-7-8-9-10-11-12-19(24(28,17(2)3)18(4)5)13-14-21-22(26)15-20(25)16-23(21)27/h15-19,28H,6-14H2,1-5H3. The van der Waals surface area contributed by atoms with Gasteiger partial charge < -0.3 is 5.11 Å². The molecule has 1 aromatic carbocycles. The van der Waals surface area contributed by atoms with Crippen LogP contribution in [0.4, 0.5) is 13.2 Å². The van der Waals surface area contributed by atoms with Gasteiger partial charge in [-0.15, -0.1) is 0 Å². The fourth-order valence-corrected chi connectivity index (χ4v) is 4.52. The molecule has 0 aliphatic heterocycles. The number of halogens is 3. The molecule has 1 unspecified atom stereocenters. The van der Waals surface area contributed by atoms with Crippen LogP contribution in [0.5, 0.6) is 0 Å². The van der Waals surface area contributed by atoms with E-state index in [1.54, 1.807) is 0 Å². The van der Waals surface area contributed by atoms with Crippen LogP contribution in [0.3, 0.4) is 0 Å². The van der Waals surface area contributed by atoms with Crippen LogP contribution in [0, 0.1) is 35.2 Å². The van der Waals surface area contributed by atoms with E-state index >= 15 is 0 Å². The largest absolute Gasteiger partial charge is 0.389 e. The van der Waals surface area contributed by atoms with Gasteiger partial charge in [0.1, 0.15) is 17.5 Å². The van der Waals surface area contributed by atoms with E-state index in [-0.39, 0.29) is 29.7 Å². The van der Waals surface area contributed by atoms with Gasteiger partial charge in [0.25, 0.3) is 0 Å². The van der Waals surface area contributed by atoms with Gasteiger partial charge in [-0.2, -0.15) is 0 Å². The minimum atomic E-state index is -0.900. The number of rotatable bonds is 13. The average molecular weight is 401 g/mol. The van der Waals surface area contributed by atoms with Gasteiger partial charge in [-0.3, -0.25) is 0 Å². The zero-order chi connectivity index (χ0) is 21.3. The normalized spacial score (nSPS) is 13.5. The Morgan fingerprint density at radius 3 is 1.82 bits per heavy atom. The van der Waals surface area contributed by atoms with Crippen molar-refractivity contribution < 1.29 is 18.3 Å². The Morgan fingerprint density at radius 2 is 1.32 bits per heavy atom. The minimum absolute atomic E-state index is 0.0421. The van der Waals surface area contributed by atoms with Gasteiger partial charge in [0.2, 0.25) is 0 Å². The highest BCUT2D eigenvalue weighted by Crippen LogP contribution is 2.39. The number of unbranched alkanes of at least 4 members (excludes halogenated alkanes) is 5. The highest BCUT2D eigenvalue weighted by molar-refractivity contribution is 5.21. The Balaban J connectivity index is 2.88. The molecule has 0 aliphatic rings. The summed E-state index contributed by atoms with van der Waals surface area (Å²) in [4.78, 5) is 0. The molecular weight excluding hydrogens is 361 g/mol.